The van der Waals surface area contributed by atoms with E-state index in [1.54, 1.807) is 49.4 Å². The van der Waals surface area contributed by atoms with Gasteiger partial charge in [0.15, 0.2) is 0 Å². The molecule has 2 aromatic carbocycles. The quantitative estimate of drug-likeness (QED) is 0.682. The van der Waals surface area contributed by atoms with Gasteiger partial charge in [0.2, 0.25) is 5.91 Å². The van der Waals surface area contributed by atoms with Gasteiger partial charge in [-0.05, 0) is 37.3 Å². The second-order valence-electron chi connectivity index (χ2n) is 6.04. The van der Waals surface area contributed by atoms with E-state index in [9.17, 15) is 14.4 Å². The SMILES string of the molecule is CCOC(=O)c1ccccc1NC(=O)c1cn(C(C)=O)c2ccc(OC)cc12. The molecule has 3 rings (SSSR count). The number of para-hydroxylation sites is 1. The summed E-state index contributed by atoms with van der Waals surface area (Å²) in [5.41, 5.74) is 1.48. The highest BCUT2D eigenvalue weighted by Gasteiger charge is 2.20. The minimum Gasteiger partial charge on any atom is -0.497 e. The number of carbonyl (C=O) groups excluding carboxylic acids is 3. The van der Waals surface area contributed by atoms with E-state index in [0.29, 0.717) is 27.9 Å². The maximum atomic E-state index is 13.0. The molecule has 1 N–H and O–H groups in total. The number of fused-ring (bicyclic) bond motifs is 1. The molecule has 0 unspecified atom stereocenters. The Morgan fingerprint density at radius 2 is 1.82 bits per heavy atom. The van der Waals surface area contributed by atoms with Crippen LogP contribution in [-0.2, 0) is 4.74 Å². The molecule has 0 bridgehead atoms. The van der Waals surface area contributed by atoms with Crippen molar-refractivity contribution >= 4 is 34.4 Å². The lowest BCUT2D eigenvalue weighted by molar-refractivity contribution is 0.0527. The molecule has 7 heteroatoms. The highest BCUT2D eigenvalue weighted by Crippen LogP contribution is 2.27. The van der Waals surface area contributed by atoms with Gasteiger partial charge in [-0.1, -0.05) is 12.1 Å². The fourth-order valence-corrected chi connectivity index (χ4v) is 2.95. The average Bonchev–Trinajstić information content (AvgIpc) is 3.07. The number of benzene rings is 2. The third-order valence-corrected chi connectivity index (χ3v) is 4.27. The van der Waals surface area contributed by atoms with Gasteiger partial charge in [-0.3, -0.25) is 14.2 Å². The van der Waals surface area contributed by atoms with Crippen LogP contribution in [0, 0.1) is 0 Å². The number of amides is 1. The second-order valence-corrected chi connectivity index (χ2v) is 6.04. The number of nitrogens with one attached hydrogen (secondary N) is 1. The molecule has 0 saturated carbocycles. The number of hydrogen-bond acceptors (Lipinski definition) is 5. The number of esters is 1. The van der Waals surface area contributed by atoms with Crippen molar-refractivity contribution < 1.29 is 23.9 Å². The smallest absolute Gasteiger partial charge is 0.340 e. The van der Waals surface area contributed by atoms with E-state index in [1.807, 2.05) is 0 Å². The van der Waals surface area contributed by atoms with E-state index >= 15 is 0 Å². The van der Waals surface area contributed by atoms with Gasteiger partial charge in [0.05, 0.1) is 36.0 Å². The summed E-state index contributed by atoms with van der Waals surface area (Å²) in [6.07, 6.45) is 1.48. The topological polar surface area (TPSA) is 86.6 Å². The van der Waals surface area contributed by atoms with E-state index in [-0.39, 0.29) is 18.1 Å². The van der Waals surface area contributed by atoms with Crippen LogP contribution in [0.2, 0.25) is 0 Å². The standard InChI is InChI=1S/C21H20N2O5/c1-4-28-21(26)15-7-5-6-8-18(15)22-20(25)17-12-23(13(2)24)19-10-9-14(27-3)11-16(17)19/h5-12H,4H2,1-3H3,(H,22,25). The van der Waals surface area contributed by atoms with Gasteiger partial charge in [-0.15, -0.1) is 0 Å². The molecule has 0 aliphatic carbocycles. The predicted octanol–water partition coefficient (Wildman–Crippen LogP) is 3.74. The van der Waals surface area contributed by atoms with Gasteiger partial charge in [-0.2, -0.15) is 0 Å². The lowest BCUT2D eigenvalue weighted by atomic mass is 10.1. The zero-order valence-corrected chi connectivity index (χ0v) is 15.8. The molecule has 0 atom stereocenters. The van der Waals surface area contributed by atoms with Crippen LogP contribution in [0.4, 0.5) is 5.69 Å². The Kier molecular flexibility index (Phi) is 5.44. The first-order chi connectivity index (χ1) is 13.5. The van der Waals surface area contributed by atoms with Crippen molar-refractivity contribution in [1.29, 1.82) is 0 Å². The van der Waals surface area contributed by atoms with Crippen LogP contribution in [0.3, 0.4) is 0 Å². The first kappa shape index (κ1) is 19.2. The Labute approximate surface area is 161 Å². The van der Waals surface area contributed by atoms with Gasteiger partial charge in [-0.25, -0.2) is 4.79 Å². The molecule has 1 heterocycles. The van der Waals surface area contributed by atoms with Crippen molar-refractivity contribution in [1.82, 2.24) is 4.57 Å². The number of nitrogens with zero attached hydrogens (tertiary/aromatic N) is 1. The van der Waals surface area contributed by atoms with Crippen molar-refractivity contribution in [3.05, 3.63) is 59.8 Å². The minimum absolute atomic E-state index is 0.221. The van der Waals surface area contributed by atoms with Crippen LogP contribution in [0.5, 0.6) is 5.75 Å². The number of methoxy groups -OCH3 is 1. The zero-order valence-electron chi connectivity index (χ0n) is 15.8. The van der Waals surface area contributed by atoms with E-state index in [0.717, 1.165) is 0 Å². The molecular weight excluding hydrogens is 360 g/mol. The normalized spacial score (nSPS) is 10.5. The van der Waals surface area contributed by atoms with Crippen LogP contribution in [0.1, 0.15) is 39.4 Å². The van der Waals surface area contributed by atoms with E-state index in [4.69, 9.17) is 9.47 Å². The number of rotatable bonds is 5. The third-order valence-electron chi connectivity index (χ3n) is 4.27. The van der Waals surface area contributed by atoms with Crippen LogP contribution in [0.15, 0.2) is 48.7 Å². The number of ether oxygens (including phenoxy) is 2. The molecule has 0 spiro atoms. The zero-order chi connectivity index (χ0) is 20.3. The number of aromatic nitrogens is 1. The summed E-state index contributed by atoms with van der Waals surface area (Å²) in [7, 11) is 1.53. The lowest BCUT2D eigenvalue weighted by Gasteiger charge is -2.10. The Bertz CT molecular complexity index is 1070. The molecule has 1 amide bonds. The molecule has 0 radical (unpaired) electrons. The second kappa shape index (κ2) is 7.96. The maximum Gasteiger partial charge on any atom is 0.340 e. The number of anilines is 1. The lowest BCUT2D eigenvalue weighted by Crippen LogP contribution is -2.16. The molecule has 144 valence electrons. The minimum atomic E-state index is -0.522. The fraction of sp³-hybridized carbons (Fsp3) is 0.190. The Morgan fingerprint density at radius 1 is 1.07 bits per heavy atom. The summed E-state index contributed by atoms with van der Waals surface area (Å²) in [4.78, 5) is 37.1. The maximum absolute atomic E-state index is 13.0. The first-order valence-corrected chi connectivity index (χ1v) is 8.73. The van der Waals surface area contributed by atoms with E-state index in [1.165, 1.54) is 24.8 Å². The summed E-state index contributed by atoms with van der Waals surface area (Å²) in [5, 5.41) is 3.31. The van der Waals surface area contributed by atoms with Crippen molar-refractivity contribution in [2.75, 3.05) is 19.0 Å². The van der Waals surface area contributed by atoms with Crippen molar-refractivity contribution in [2.45, 2.75) is 13.8 Å². The molecular formula is C21H20N2O5. The summed E-state index contributed by atoms with van der Waals surface area (Å²) in [5.74, 6) is -0.628. The molecule has 0 aliphatic rings. The van der Waals surface area contributed by atoms with E-state index < -0.39 is 11.9 Å². The van der Waals surface area contributed by atoms with Gasteiger partial charge in [0.1, 0.15) is 5.75 Å². The van der Waals surface area contributed by atoms with Gasteiger partial charge >= 0.3 is 5.97 Å². The summed E-state index contributed by atoms with van der Waals surface area (Å²) < 4.78 is 11.7. The van der Waals surface area contributed by atoms with Gasteiger partial charge in [0.25, 0.3) is 5.91 Å². The summed E-state index contributed by atoms with van der Waals surface area (Å²) in [6.45, 7) is 3.36. The fourth-order valence-electron chi connectivity index (χ4n) is 2.95. The molecule has 1 aromatic heterocycles. The summed E-state index contributed by atoms with van der Waals surface area (Å²) in [6, 6.07) is 11.7. The van der Waals surface area contributed by atoms with Crippen LogP contribution in [-0.4, -0.2) is 36.1 Å². The van der Waals surface area contributed by atoms with Crippen molar-refractivity contribution in [2.24, 2.45) is 0 Å². The highest BCUT2D eigenvalue weighted by atomic mass is 16.5. The molecule has 7 nitrogen and oxygen atoms in total. The molecule has 3 aromatic rings. The third kappa shape index (κ3) is 3.59. The van der Waals surface area contributed by atoms with Gasteiger partial charge in [0, 0.05) is 18.5 Å². The molecule has 0 saturated heterocycles. The average molecular weight is 380 g/mol. The Balaban J connectivity index is 2.03. The Morgan fingerprint density at radius 3 is 2.50 bits per heavy atom. The molecule has 0 fully saturated rings. The van der Waals surface area contributed by atoms with E-state index in [2.05, 4.69) is 5.32 Å². The van der Waals surface area contributed by atoms with Crippen LogP contribution < -0.4 is 10.1 Å². The van der Waals surface area contributed by atoms with Gasteiger partial charge < -0.3 is 14.8 Å². The highest BCUT2D eigenvalue weighted by molar-refractivity contribution is 6.15. The largest absolute Gasteiger partial charge is 0.497 e. The Hall–Kier alpha value is -3.61. The predicted molar refractivity (Wildman–Crippen MR) is 105 cm³/mol. The monoisotopic (exact) mass is 380 g/mol. The first-order valence-electron chi connectivity index (χ1n) is 8.73. The molecule has 0 aliphatic heterocycles. The van der Waals surface area contributed by atoms with Crippen LogP contribution >= 0.6 is 0 Å². The number of hydrogen-bond donors (Lipinski definition) is 1. The van der Waals surface area contributed by atoms with Crippen molar-refractivity contribution in [3.8, 4) is 5.75 Å². The van der Waals surface area contributed by atoms with Crippen molar-refractivity contribution in [3.63, 3.8) is 0 Å². The summed E-state index contributed by atoms with van der Waals surface area (Å²) >= 11 is 0. The molecule has 28 heavy (non-hydrogen) atoms. The number of carbonyl (C=O) groups is 3. The van der Waals surface area contributed by atoms with Crippen LogP contribution in [0.25, 0.3) is 10.9 Å².